The maximum absolute atomic E-state index is 12.3. The molecule has 1 aliphatic heterocycles. The Hall–Kier alpha value is -1.74. The Morgan fingerprint density at radius 2 is 2.12 bits per heavy atom. The number of amides is 1. The van der Waals surface area contributed by atoms with E-state index in [1.54, 1.807) is 4.90 Å². The number of carbonyl (C=O) groups excluding carboxylic acids is 2. The number of nitrogens with zero attached hydrogens (tertiary/aromatic N) is 1. The van der Waals surface area contributed by atoms with Gasteiger partial charge in [-0.2, -0.15) is 0 Å². The number of hydrogen-bond donors (Lipinski definition) is 1. The molecule has 2 rings (SSSR count). The van der Waals surface area contributed by atoms with Crippen molar-refractivity contribution in [3.63, 3.8) is 0 Å². The smallest absolute Gasteiger partial charge is 0.410 e. The molecular formula is C18H28N2O4. The average Bonchev–Trinajstić information content (AvgIpc) is 2.99. The molecule has 0 radical (unpaired) electrons. The van der Waals surface area contributed by atoms with E-state index in [2.05, 4.69) is 5.92 Å². The summed E-state index contributed by atoms with van der Waals surface area (Å²) in [6, 6.07) is -0.961. The van der Waals surface area contributed by atoms with E-state index in [0.29, 0.717) is 6.42 Å². The van der Waals surface area contributed by atoms with Crippen molar-refractivity contribution in [2.75, 3.05) is 7.11 Å². The molecule has 2 N–H and O–H groups in total. The highest BCUT2D eigenvalue weighted by molar-refractivity contribution is 5.76. The summed E-state index contributed by atoms with van der Waals surface area (Å²) in [5, 5.41) is 0. The van der Waals surface area contributed by atoms with Crippen LogP contribution in [0.2, 0.25) is 0 Å². The largest absolute Gasteiger partial charge is 0.461 e. The second-order valence-corrected chi connectivity index (χ2v) is 6.84. The van der Waals surface area contributed by atoms with E-state index in [1.165, 1.54) is 7.11 Å². The maximum atomic E-state index is 12.3. The van der Waals surface area contributed by atoms with Crippen molar-refractivity contribution in [3.05, 3.63) is 0 Å². The standard InChI is InChI=1S/C18H28N2O4/c1-5-11(3)16(19)17(21)24-15-9-7-8-14-13(15)10-12(6-2)20(14)18(22)23-4/h2,11-16H,5,7-10,19H2,1,3-4H3/t11-,12?,13+,14+,15-,16-/m0/s1. The van der Waals surface area contributed by atoms with Gasteiger partial charge in [0, 0.05) is 12.0 Å². The summed E-state index contributed by atoms with van der Waals surface area (Å²) in [6.45, 7) is 3.94. The predicted octanol–water partition coefficient (Wildman–Crippen LogP) is 1.91. The van der Waals surface area contributed by atoms with Gasteiger partial charge >= 0.3 is 12.1 Å². The first kappa shape index (κ1) is 18.6. The molecular weight excluding hydrogens is 308 g/mol. The highest BCUT2D eigenvalue weighted by atomic mass is 16.6. The van der Waals surface area contributed by atoms with E-state index in [1.807, 2.05) is 13.8 Å². The molecule has 2 aliphatic rings. The van der Waals surface area contributed by atoms with E-state index in [0.717, 1.165) is 25.7 Å². The van der Waals surface area contributed by atoms with Crippen molar-refractivity contribution in [1.29, 1.82) is 0 Å². The van der Waals surface area contributed by atoms with Crippen molar-refractivity contribution >= 4 is 12.1 Å². The van der Waals surface area contributed by atoms with Gasteiger partial charge in [0.2, 0.25) is 0 Å². The number of likely N-dealkylation sites (tertiary alicyclic amines) is 1. The van der Waals surface area contributed by atoms with Gasteiger partial charge in [-0.25, -0.2) is 4.79 Å². The van der Waals surface area contributed by atoms with Gasteiger partial charge in [-0.15, -0.1) is 6.42 Å². The number of rotatable bonds is 4. The van der Waals surface area contributed by atoms with Gasteiger partial charge in [-0.3, -0.25) is 9.69 Å². The molecule has 1 amide bonds. The van der Waals surface area contributed by atoms with Crippen molar-refractivity contribution in [1.82, 2.24) is 4.90 Å². The summed E-state index contributed by atoms with van der Waals surface area (Å²) < 4.78 is 10.6. The van der Waals surface area contributed by atoms with Crippen molar-refractivity contribution in [2.45, 2.75) is 70.2 Å². The molecule has 0 aromatic rings. The Bertz CT molecular complexity index is 516. The summed E-state index contributed by atoms with van der Waals surface area (Å²) in [6.07, 6.45) is 8.91. The molecule has 6 nitrogen and oxygen atoms in total. The highest BCUT2D eigenvalue weighted by Gasteiger charge is 2.49. The van der Waals surface area contributed by atoms with Crippen molar-refractivity contribution < 1.29 is 19.1 Å². The molecule has 0 aromatic heterocycles. The molecule has 24 heavy (non-hydrogen) atoms. The summed E-state index contributed by atoms with van der Waals surface area (Å²) in [5.74, 6) is 2.43. The Balaban J connectivity index is 2.10. The van der Waals surface area contributed by atoms with Crippen LogP contribution < -0.4 is 5.73 Å². The molecule has 1 heterocycles. The fourth-order valence-electron chi connectivity index (χ4n) is 3.84. The van der Waals surface area contributed by atoms with Crippen LogP contribution >= 0.6 is 0 Å². The lowest BCUT2D eigenvalue weighted by molar-refractivity contribution is -0.157. The van der Waals surface area contributed by atoms with Gasteiger partial charge in [-0.05, 0) is 31.6 Å². The van der Waals surface area contributed by atoms with Crippen LogP contribution in [0.1, 0.15) is 46.0 Å². The molecule has 2 fully saturated rings. The lowest BCUT2D eigenvalue weighted by atomic mass is 9.82. The predicted molar refractivity (Wildman–Crippen MR) is 89.9 cm³/mol. The van der Waals surface area contributed by atoms with E-state index in [4.69, 9.17) is 21.6 Å². The van der Waals surface area contributed by atoms with Crippen LogP contribution in [0.15, 0.2) is 0 Å². The quantitative estimate of drug-likeness (QED) is 0.626. The Kier molecular flexibility index (Phi) is 6.11. The first-order valence-corrected chi connectivity index (χ1v) is 8.73. The second-order valence-electron chi connectivity index (χ2n) is 6.84. The molecule has 0 aromatic carbocycles. The van der Waals surface area contributed by atoms with E-state index < -0.39 is 12.1 Å². The van der Waals surface area contributed by atoms with Crippen LogP contribution in [0.3, 0.4) is 0 Å². The van der Waals surface area contributed by atoms with E-state index >= 15 is 0 Å². The summed E-state index contributed by atoms with van der Waals surface area (Å²) in [4.78, 5) is 26.1. The van der Waals surface area contributed by atoms with Crippen LogP contribution in [0.5, 0.6) is 0 Å². The van der Waals surface area contributed by atoms with Gasteiger partial charge in [0.1, 0.15) is 12.1 Å². The Labute approximate surface area is 144 Å². The fourth-order valence-corrected chi connectivity index (χ4v) is 3.84. The average molecular weight is 336 g/mol. The van der Waals surface area contributed by atoms with Gasteiger partial charge in [0.05, 0.1) is 13.2 Å². The normalized spacial score (nSPS) is 31.5. The van der Waals surface area contributed by atoms with Crippen LogP contribution in [0, 0.1) is 24.2 Å². The van der Waals surface area contributed by atoms with Crippen LogP contribution in [-0.2, 0) is 14.3 Å². The lowest BCUT2D eigenvalue weighted by Crippen LogP contribution is -2.47. The first-order chi connectivity index (χ1) is 11.4. The molecule has 1 aliphatic carbocycles. The summed E-state index contributed by atoms with van der Waals surface area (Å²) in [5.41, 5.74) is 5.98. The lowest BCUT2D eigenvalue weighted by Gasteiger charge is -2.36. The summed E-state index contributed by atoms with van der Waals surface area (Å²) in [7, 11) is 1.36. The molecule has 0 bridgehead atoms. The zero-order valence-corrected chi connectivity index (χ0v) is 14.7. The molecule has 1 saturated carbocycles. The minimum absolute atomic E-state index is 0.0372. The molecule has 0 spiro atoms. The third-order valence-corrected chi connectivity index (χ3v) is 5.52. The molecule has 6 atom stereocenters. The number of esters is 1. The minimum atomic E-state index is -0.614. The SMILES string of the molecule is C#CC1C[C@H]2[C@@H](OC(=O)[C@@H](N)[C@@H](C)CC)CCC[C@H]2N1C(=O)OC. The fraction of sp³-hybridized carbons (Fsp3) is 0.778. The van der Waals surface area contributed by atoms with Crippen LogP contribution in [0.25, 0.3) is 0 Å². The van der Waals surface area contributed by atoms with Crippen LogP contribution in [-0.4, -0.2) is 48.3 Å². The molecule has 134 valence electrons. The number of ether oxygens (including phenoxy) is 2. The number of methoxy groups -OCH3 is 1. The number of terminal acetylenes is 1. The van der Waals surface area contributed by atoms with E-state index in [9.17, 15) is 9.59 Å². The number of carbonyl (C=O) groups is 2. The first-order valence-electron chi connectivity index (χ1n) is 8.73. The van der Waals surface area contributed by atoms with Crippen molar-refractivity contribution in [3.8, 4) is 12.3 Å². The van der Waals surface area contributed by atoms with Crippen molar-refractivity contribution in [2.24, 2.45) is 17.6 Å². The maximum Gasteiger partial charge on any atom is 0.410 e. The van der Waals surface area contributed by atoms with Crippen LogP contribution in [0.4, 0.5) is 4.79 Å². The Morgan fingerprint density at radius 3 is 2.71 bits per heavy atom. The minimum Gasteiger partial charge on any atom is -0.461 e. The Morgan fingerprint density at radius 1 is 1.42 bits per heavy atom. The zero-order valence-electron chi connectivity index (χ0n) is 14.7. The number of hydrogen-bond acceptors (Lipinski definition) is 5. The molecule has 1 unspecified atom stereocenters. The number of nitrogens with two attached hydrogens (primary N) is 1. The molecule has 6 heteroatoms. The second kappa shape index (κ2) is 7.89. The molecule has 1 saturated heterocycles. The van der Waals surface area contributed by atoms with Gasteiger partial charge in [0.25, 0.3) is 0 Å². The zero-order chi connectivity index (χ0) is 17.9. The third kappa shape index (κ3) is 3.51. The van der Waals surface area contributed by atoms with Gasteiger partial charge in [-0.1, -0.05) is 26.2 Å². The third-order valence-electron chi connectivity index (χ3n) is 5.52. The van der Waals surface area contributed by atoms with Gasteiger partial charge in [0.15, 0.2) is 0 Å². The summed E-state index contributed by atoms with van der Waals surface area (Å²) >= 11 is 0. The van der Waals surface area contributed by atoms with E-state index in [-0.39, 0.29) is 36.0 Å². The van der Waals surface area contributed by atoms with Gasteiger partial charge < -0.3 is 15.2 Å². The number of fused-ring (bicyclic) bond motifs is 1. The highest BCUT2D eigenvalue weighted by Crippen LogP contribution is 2.41. The monoisotopic (exact) mass is 336 g/mol. The topological polar surface area (TPSA) is 81.9 Å².